The fraction of sp³-hybridized carbons (Fsp3) is 0.143. The maximum Gasteiger partial charge on any atom is 0.573 e. The van der Waals surface area contributed by atoms with Crippen LogP contribution in [-0.2, 0) is 0 Å². The number of alkyl halides is 7. The molecule has 0 unspecified atom stereocenters. The molecule has 3 aromatic rings. The summed E-state index contributed by atoms with van der Waals surface area (Å²) in [6.45, 7) is -6.65. The Labute approximate surface area is 186 Å². The third kappa shape index (κ3) is 6.98. The van der Waals surface area contributed by atoms with Gasteiger partial charge in [0.2, 0.25) is 5.88 Å². The summed E-state index contributed by atoms with van der Waals surface area (Å²) < 4.78 is 104. The third-order valence-corrected chi connectivity index (χ3v) is 3.92. The minimum Gasteiger partial charge on any atom is -0.439 e. The molecular weight excluding hydrogens is 479 g/mol. The van der Waals surface area contributed by atoms with Crippen LogP contribution in [0.3, 0.4) is 0 Å². The average Bonchev–Trinajstić information content (AvgIpc) is 2.75. The molecule has 0 saturated heterocycles. The lowest BCUT2D eigenvalue weighted by molar-refractivity contribution is -0.274. The number of aromatic nitrogens is 1. The van der Waals surface area contributed by atoms with Gasteiger partial charge in [0.1, 0.15) is 11.5 Å². The monoisotopic (exact) mass is 491 g/mol. The van der Waals surface area contributed by atoms with Crippen LogP contribution in [-0.4, -0.2) is 30.4 Å². The number of pyridine rings is 1. The van der Waals surface area contributed by atoms with Crippen LogP contribution in [0.5, 0.6) is 28.9 Å². The highest BCUT2D eigenvalue weighted by Gasteiger charge is 2.31. The van der Waals surface area contributed by atoms with E-state index in [4.69, 9.17) is 4.74 Å². The van der Waals surface area contributed by atoms with E-state index < -0.39 is 42.6 Å². The molecule has 34 heavy (non-hydrogen) atoms. The van der Waals surface area contributed by atoms with E-state index in [1.165, 1.54) is 24.3 Å². The minimum absolute atomic E-state index is 0.00759. The minimum atomic E-state index is -4.84. The summed E-state index contributed by atoms with van der Waals surface area (Å²) in [4.78, 5) is 16.5. The van der Waals surface area contributed by atoms with Crippen molar-refractivity contribution < 1.29 is 54.5 Å². The maximum absolute atomic E-state index is 12.6. The summed E-state index contributed by atoms with van der Waals surface area (Å²) in [5.74, 6) is -2.47. The Morgan fingerprint density at radius 2 is 1.35 bits per heavy atom. The quantitative estimate of drug-likeness (QED) is 0.262. The number of nitrogens with zero attached hydrogens (tertiary/aromatic N) is 1. The van der Waals surface area contributed by atoms with Gasteiger partial charge < -0.3 is 18.9 Å². The molecule has 0 fully saturated rings. The molecule has 0 spiro atoms. The Morgan fingerprint density at radius 1 is 0.765 bits per heavy atom. The van der Waals surface area contributed by atoms with Crippen LogP contribution >= 0.6 is 0 Å². The summed E-state index contributed by atoms with van der Waals surface area (Å²) in [6, 6.07) is 9.80. The summed E-state index contributed by atoms with van der Waals surface area (Å²) in [5.41, 5.74) is -0.181. The van der Waals surface area contributed by atoms with E-state index in [1.807, 2.05) is 0 Å². The van der Waals surface area contributed by atoms with E-state index in [2.05, 4.69) is 19.2 Å². The predicted molar refractivity (Wildman–Crippen MR) is 101 cm³/mol. The second kappa shape index (κ2) is 10.3. The second-order valence-corrected chi connectivity index (χ2v) is 6.25. The van der Waals surface area contributed by atoms with Gasteiger partial charge in [-0.3, -0.25) is 4.79 Å². The van der Waals surface area contributed by atoms with Gasteiger partial charge in [-0.2, -0.15) is 17.6 Å². The molecule has 6 nitrogen and oxygen atoms in total. The Hall–Kier alpha value is -4.03. The first-order valence-corrected chi connectivity index (χ1v) is 9.08. The van der Waals surface area contributed by atoms with Crippen LogP contribution in [0.15, 0.2) is 60.8 Å². The van der Waals surface area contributed by atoms with Gasteiger partial charge in [-0.05, 0) is 48.5 Å². The third-order valence-electron chi connectivity index (χ3n) is 3.92. The molecule has 0 aliphatic carbocycles. The number of ketones is 1. The number of benzene rings is 2. The first kappa shape index (κ1) is 24.6. The van der Waals surface area contributed by atoms with Crippen molar-refractivity contribution in [2.75, 3.05) is 0 Å². The number of hydrogen-bond acceptors (Lipinski definition) is 6. The van der Waals surface area contributed by atoms with Gasteiger partial charge >= 0.3 is 19.6 Å². The van der Waals surface area contributed by atoms with Gasteiger partial charge in [0.05, 0.1) is 0 Å². The van der Waals surface area contributed by atoms with Crippen LogP contribution < -0.4 is 18.9 Å². The number of carbonyl (C=O) groups excluding carboxylic acids is 1. The van der Waals surface area contributed by atoms with Crippen molar-refractivity contribution in [2.45, 2.75) is 19.6 Å². The van der Waals surface area contributed by atoms with Crippen molar-refractivity contribution in [1.29, 1.82) is 0 Å². The van der Waals surface area contributed by atoms with E-state index in [1.54, 1.807) is 0 Å². The molecular formula is C21H12F7NO5. The standard InChI is InChI=1S/C21H12F7NO5/c22-19(23)32-15-7-1-11(9-16(15)33-20(24)25)18(30)12-2-8-17(29-10-12)31-13-3-5-14(6-4-13)34-21(26,27)28/h1-10,19-20H. The molecule has 0 N–H and O–H groups in total. The molecule has 0 aliphatic rings. The lowest BCUT2D eigenvalue weighted by Crippen LogP contribution is -2.16. The van der Waals surface area contributed by atoms with Crippen molar-refractivity contribution in [2.24, 2.45) is 0 Å². The first-order chi connectivity index (χ1) is 16.0. The van der Waals surface area contributed by atoms with Crippen LogP contribution in [0, 0.1) is 0 Å². The zero-order valence-electron chi connectivity index (χ0n) is 16.6. The van der Waals surface area contributed by atoms with Crippen LogP contribution in [0.1, 0.15) is 15.9 Å². The Morgan fingerprint density at radius 3 is 1.91 bits per heavy atom. The molecule has 0 atom stereocenters. The van der Waals surface area contributed by atoms with Gasteiger partial charge in [-0.1, -0.05) is 0 Å². The number of halogens is 7. The van der Waals surface area contributed by atoms with Crippen LogP contribution in [0.25, 0.3) is 0 Å². The zero-order valence-corrected chi connectivity index (χ0v) is 16.6. The van der Waals surface area contributed by atoms with E-state index in [9.17, 15) is 35.5 Å². The summed E-state index contributed by atoms with van der Waals surface area (Å²) in [5, 5.41) is 0. The molecule has 1 aromatic heterocycles. The van der Waals surface area contributed by atoms with Gasteiger partial charge in [0.15, 0.2) is 17.3 Å². The van der Waals surface area contributed by atoms with Gasteiger partial charge in [0, 0.05) is 23.4 Å². The molecule has 0 aliphatic heterocycles. The smallest absolute Gasteiger partial charge is 0.439 e. The Kier molecular flexibility index (Phi) is 7.44. The fourth-order valence-corrected chi connectivity index (χ4v) is 2.60. The molecule has 13 heteroatoms. The van der Waals surface area contributed by atoms with E-state index in [0.717, 1.165) is 36.5 Å². The molecule has 3 rings (SSSR count). The molecule has 0 saturated carbocycles. The molecule has 1 heterocycles. The number of ether oxygens (including phenoxy) is 4. The number of carbonyl (C=O) groups is 1. The van der Waals surface area contributed by atoms with Crippen molar-refractivity contribution in [3.8, 4) is 28.9 Å². The predicted octanol–water partition coefficient (Wildman–Crippen LogP) is 6.21. The molecule has 180 valence electrons. The molecule has 2 aromatic carbocycles. The summed E-state index contributed by atoms with van der Waals surface area (Å²) in [7, 11) is 0. The van der Waals surface area contributed by atoms with Crippen LogP contribution in [0.2, 0.25) is 0 Å². The molecule has 0 bridgehead atoms. The van der Waals surface area contributed by atoms with Crippen molar-refractivity contribution in [3.63, 3.8) is 0 Å². The van der Waals surface area contributed by atoms with E-state index in [0.29, 0.717) is 0 Å². The highest BCUT2D eigenvalue weighted by Crippen LogP contribution is 2.32. The number of rotatable bonds is 9. The van der Waals surface area contributed by atoms with Crippen molar-refractivity contribution in [1.82, 2.24) is 4.98 Å². The van der Waals surface area contributed by atoms with Crippen LogP contribution in [0.4, 0.5) is 30.7 Å². The fourth-order valence-electron chi connectivity index (χ4n) is 2.60. The van der Waals surface area contributed by atoms with Crippen molar-refractivity contribution >= 4 is 5.78 Å². The van der Waals surface area contributed by atoms with Gasteiger partial charge in [-0.25, -0.2) is 4.98 Å². The zero-order chi connectivity index (χ0) is 24.9. The maximum atomic E-state index is 12.6. The SMILES string of the molecule is O=C(c1ccc(Oc2ccc(OC(F)(F)F)cc2)nc1)c1ccc(OC(F)F)c(OC(F)F)c1. The second-order valence-electron chi connectivity index (χ2n) is 6.25. The van der Waals surface area contributed by atoms with Crippen molar-refractivity contribution in [3.05, 3.63) is 71.9 Å². The van der Waals surface area contributed by atoms with E-state index >= 15 is 0 Å². The lowest BCUT2D eigenvalue weighted by atomic mass is 10.0. The van der Waals surface area contributed by atoms with Gasteiger partial charge in [-0.15, -0.1) is 13.2 Å². The molecule has 0 amide bonds. The Balaban J connectivity index is 1.72. The highest BCUT2D eigenvalue weighted by atomic mass is 19.4. The average molecular weight is 491 g/mol. The lowest BCUT2D eigenvalue weighted by Gasteiger charge is -2.13. The highest BCUT2D eigenvalue weighted by molar-refractivity contribution is 6.09. The largest absolute Gasteiger partial charge is 0.573 e. The number of hydrogen-bond donors (Lipinski definition) is 0. The van der Waals surface area contributed by atoms with Gasteiger partial charge in [0.25, 0.3) is 0 Å². The summed E-state index contributed by atoms with van der Waals surface area (Å²) >= 11 is 0. The topological polar surface area (TPSA) is 66.9 Å². The van der Waals surface area contributed by atoms with E-state index in [-0.39, 0.29) is 22.8 Å². The Bertz CT molecular complexity index is 1120. The summed E-state index contributed by atoms with van der Waals surface area (Å²) in [6.07, 6.45) is -3.75. The molecule has 0 radical (unpaired) electrons. The normalized spacial score (nSPS) is 11.4. The first-order valence-electron chi connectivity index (χ1n) is 9.08.